The number of benzene rings is 3. The number of rotatable bonds is 4. The monoisotopic (exact) mass is 384 g/mol. The van der Waals surface area contributed by atoms with E-state index in [1.54, 1.807) is 30.3 Å². The van der Waals surface area contributed by atoms with E-state index < -0.39 is 10.6 Å². The van der Waals surface area contributed by atoms with Gasteiger partial charge in [-0.3, -0.25) is 10.1 Å². The van der Waals surface area contributed by atoms with Gasteiger partial charge in [-0.05, 0) is 35.0 Å². The average Bonchev–Trinajstić information content (AvgIpc) is 3.17. The summed E-state index contributed by atoms with van der Waals surface area (Å²) in [6.45, 7) is 0. The Balaban J connectivity index is 1.63. The summed E-state index contributed by atoms with van der Waals surface area (Å²) in [5.41, 5.74) is 0.791. The van der Waals surface area contributed by atoms with Crippen molar-refractivity contribution in [2.75, 3.05) is 0 Å². The van der Waals surface area contributed by atoms with E-state index in [1.165, 1.54) is 11.0 Å². The third-order valence-electron chi connectivity index (χ3n) is 4.44. The largest absolute Gasteiger partial charge is 0.434 e. The van der Waals surface area contributed by atoms with Crippen LogP contribution < -0.4 is 4.74 Å². The van der Waals surface area contributed by atoms with Crippen LogP contribution in [0.4, 0.5) is 5.69 Å². The standard InChI is InChI=1S/C20H12N6O3/c27-26(28)18-19(25-17-8-4-3-7-16(17)23-24-25)21-12-22-20(18)29-15-10-9-13-5-1-2-6-14(13)11-15/h1-12H. The first-order chi connectivity index (χ1) is 14.2. The van der Waals surface area contributed by atoms with Gasteiger partial charge in [-0.2, -0.15) is 9.67 Å². The van der Waals surface area contributed by atoms with Gasteiger partial charge in [0.2, 0.25) is 5.82 Å². The molecule has 0 unspecified atom stereocenters. The Morgan fingerprint density at radius 2 is 1.72 bits per heavy atom. The highest BCUT2D eigenvalue weighted by Crippen LogP contribution is 2.34. The fourth-order valence-electron chi connectivity index (χ4n) is 3.11. The number of ether oxygens (including phenoxy) is 1. The van der Waals surface area contributed by atoms with Crippen LogP contribution in [0.5, 0.6) is 11.6 Å². The van der Waals surface area contributed by atoms with E-state index in [2.05, 4.69) is 20.3 Å². The van der Waals surface area contributed by atoms with E-state index in [-0.39, 0.29) is 11.7 Å². The molecule has 140 valence electrons. The molecule has 0 amide bonds. The predicted octanol–water partition coefficient (Wildman–Crippen LogP) is 4.06. The molecule has 0 aliphatic rings. The van der Waals surface area contributed by atoms with Crippen LogP contribution in [0, 0.1) is 10.1 Å². The lowest BCUT2D eigenvalue weighted by Gasteiger charge is -2.08. The summed E-state index contributed by atoms with van der Waals surface area (Å²) in [6.07, 6.45) is 1.20. The first-order valence-electron chi connectivity index (χ1n) is 8.67. The summed E-state index contributed by atoms with van der Waals surface area (Å²) in [6, 6.07) is 20.3. The van der Waals surface area contributed by atoms with Crippen molar-refractivity contribution < 1.29 is 9.66 Å². The molecular formula is C20H12N6O3. The molecule has 9 nitrogen and oxygen atoms in total. The van der Waals surface area contributed by atoms with Crippen molar-refractivity contribution in [1.82, 2.24) is 25.0 Å². The fraction of sp³-hybridized carbons (Fsp3) is 0. The van der Waals surface area contributed by atoms with Crippen LogP contribution in [0.15, 0.2) is 73.1 Å². The van der Waals surface area contributed by atoms with E-state index in [4.69, 9.17) is 4.74 Å². The van der Waals surface area contributed by atoms with Gasteiger partial charge in [-0.1, -0.05) is 47.7 Å². The Bertz CT molecular complexity index is 1380. The molecule has 0 aliphatic heterocycles. The van der Waals surface area contributed by atoms with Crippen LogP contribution in [0.3, 0.4) is 0 Å². The van der Waals surface area contributed by atoms with Crippen LogP contribution in [0.25, 0.3) is 27.6 Å². The Morgan fingerprint density at radius 1 is 0.931 bits per heavy atom. The van der Waals surface area contributed by atoms with Crippen molar-refractivity contribution in [3.63, 3.8) is 0 Å². The zero-order chi connectivity index (χ0) is 19.8. The highest BCUT2D eigenvalue weighted by molar-refractivity contribution is 5.84. The lowest BCUT2D eigenvalue weighted by molar-refractivity contribution is -0.386. The third-order valence-corrected chi connectivity index (χ3v) is 4.44. The molecule has 0 saturated heterocycles. The summed E-state index contributed by atoms with van der Waals surface area (Å²) < 4.78 is 7.08. The minimum absolute atomic E-state index is 0.0190. The second-order valence-corrected chi connectivity index (χ2v) is 6.21. The molecule has 0 bridgehead atoms. The summed E-state index contributed by atoms with van der Waals surface area (Å²) >= 11 is 0. The number of aromatic nitrogens is 5. The van der Waals surface area contributed by atoms with Crippen molar-refractivity contribution >= 4 is 27.5 Å². The molecule has 5 aromatic rings. The molecule has 0 spiro atoms. The molecule has 5 rings (SSSR count). The van der Waals surface area contributed by atoms with Gasteiger partial charge < -0.3 is 4.74 Å². The molecule has 29 heavy (non-hydrogen) atoms. The first kappa shape index (κ1) is 16.8. The van der Waals surface area contributed by atoms with E-state index in [1.807, 2.05) is 36.4 Å². The summed E-state index contributed by atoms with van der Waals surface area (Å²) in [5, 5.41) is 21.9. The second kappa shape index (κ2) is 6.64. The Morgan fingerprint density at radius 3 is 2.59 bits per heavy atom. The zero-order valence-corrected chi connectivity index (χ0v) is 14.8. The van der Waals surface area contributed by atoms with Gasteiger partial charge in [0.25, 0.3) is 0 Å². The van der Waals surface area contributed by atoms with Crippen molar-refractivity contribution in [2.45, 2.75) is 0 Å². The maximum atomic E-state index is 11.9. The van der Waals surface area contributed by atoms with E-state index in [9.17, 15) is 10.1 Å². The number of fused-ring (bicyclic) bond motifs is 2. The molecule has 2 heterocycles. The third kappa shape index (κ3) is 2.90. The normalized spacial score (nSPS) is 11.0. The first-order valence-corrected chi connectivity index (χ1v) is 8.67. The van der Waals surface area contributed by atoms with Crippen LogP contribution in [-0.2, 0) is 0 Å². The Hall–Kier alpha value is -4.40. The van der Waals surface area contributed by atoms with E-state index in [0.29, 0.717) is 16.8 Å². The molecule has 0 N–H and O–H groups in total. The van der Waals surface area contributed by atoms with E-state index in [0.717, 1.165) is 10.8 Å². The predicted molar refractivity (Wildman–Crippen MR) is 105 cm³/mol. The van der Waals surface area contributed by atoms with Crippen molar-refractivity contribution in [3.8, 4) is 17.4 Å². The lowest BCUT2D eigenvalue weighted by Crippen LogP contribution is -2.07. The van der Waals surface area contributed by atoms with Gasteiger partial charge >= 0.3 is 11.6 Å². The van der Waals surface area contributed by atoms with Gasteiger partial charge in [-0.25, -0.2) is 4.98 Å². The van der Waals surface area contributed by atoms with Crippen molar-refractivity contribution in [2.24, 2.45) is 0 Å². The molecule has 0 aliphatic carbocycles. The minimum atomic E-state index is -0.581. The smallest absolute Gasteiger partial charge is 0.375 e. The molecule has 0 saturated carbocycles. The van der Waals surface area contributed by atoms with Crippen LogP contribution in [0.2, 0.25) is 0 Å². The number of para-hydroxylation sites is 1. The average molecular weight is 384 g/mol. The summed E-state index contributed by atoms with van der Waals surface area (Å²) in [4.78, 5) is 19.3. The fourth-order valence-corrected chi connectivity index (χ4v) is 3.11. The number of hydrogen-bond acceptors (Lipinski definition) is 7. The maximum Gasteiger partial charge on any atom is 0.375 e. The van der Waals surface area contributed by atoms with E-state index >= 15 is 0 Å². The van der Waals surface area contributed by atoms with Crippen LogP contribution >= 0.6 is 0 Å². The molecule has 3 aromatic carbocycles. The Kier molecular flexibility index (Phi) is 3.84. The minimum Gasteiger partial charge on any atom is -0.434 e. The molecule has 9 heteroatoms. The summed E-state index contributed by atoms with van der Waals surface area (Å²) in [5.74, 6) is 0.240. The maximum absolute atomic E-state index is 11.9. The highest BCUT2D eigenvalue weighted by atomic mass is 16.6. The lowest BCUT2D eigenvalue weighted by atomic mass is 10.1. The van der Waals surface area contributed by atoms with Gasteiger partial charge in [0.05, 0.1) is 10.4 Å². The highest BCUT2D eigenvalue weighted by Gasteiger charge is 2.28. The molecule has 0 fully saturated rings. The number of nitro groups is 1. The quantitative estimate of drug-likeness (QED) is 0.339. The molecule has 2 aromatic heterocycles. The van der Waals surface area contributed by atoms with Gasteiger partial charge in [0.15, 0.2) is 0 Å². The SMILES string of the molecule is O=[N+]([O-])c1c(Oc2ccc3ccccc3c2)ncnc1-n1nnc2ccccc21. The van der Waals surface area contributed by atoms with Gasteiger partial charge in [-0.15, -0.1) is 5.10 Å². The van der Waals surface area contributed by atoms with Crippen LogP contribution in [0.1, 0.15) is 0 Å². The zero-order valence-electron chi connectivity index (χ0n) is 14.8. The number of nitrogens with zero attached hydrogens (tertiary/aromatic N) is 6. The molecule has 0 radical (unpaired) electrons. The van der Waals surface area contributed by atoms with Gasteiger partial charge in [0, 0.05) is 0 Å². The van der Waals surface area contributed by atoms with Crippen LogP contribution in [-0.4, -0.2) is 29.9 Å². The molecular weight excluding hydrogens is 372 g/mol. The molecule has 0 atom stereocenters. The summed E-state index contributed by atoms with van der Waals surface area (Å²) in [7, 11) is 0. The van der Waals surface area contributed by atoms with Crippen molar-refractivity contribution in [3.05, 3.63) is 83.2 Å². The number of hydrogen-bond donors (Lipinski definition) is 0. The van der Waals surface area contributed by atoms with Crippen molar-refractivity contribution in [1.29, 1.82) is 0 Å². The second-order valence-electron chi connectivity index (χ2n) is 6.21. The topological polar surface area (TPSA) is 109 Å². The Labute approximate surface area is 163 Å². The van der Waals surface area contributed by atoms with Gasteiger partial charge in [0.1, 0.15) is 17.6 Å².